The van der Waals surface area contributed by atoms with Gasteiger partial charge in [0.2, 0.25) is 5.91 Å². The van der Waals surface area contributed by atoms with Crippen molar-refractivity contribution in [3.8, 4) is 11.5 Å². The highest BCUT2D eigenvalue weighted by Crippen LogP contribution is 2.28. The summed E-state index contributed by atoms with van der Waals surface area (Å²) in [6.45, 7) is 4.02. The normalized spacial score (nSPS) is 20.6. The van der Waals surface area contributed by atoms with Gasteiger partial charge in [0.05, 0.1) is 13.2 Å². The minimum Gasteiger partial charge on any atom is -0.493 e. The minimum atomic E-state index is -0.219. The van der Waals surface area contributed by atoms with Crippen LogP contribution >= 0.6 is 0 Å². The quantitative estimate of drug-likeness (QED) is 0.595. The highest BCUT2D eigenvalue weighted by Gasteiger charge is 2.19. The van der Waals surface area contributed by atoms with E-state index in [1.807, 2.05) is 18.2 Å². The average molecular weight is 331 g/mol. The molecule has 1 aliphatic carbocycles. The Morgan fingerprint density at radius 2 is 2.08 bits per heavy atom. The molecule has 0 saturated heterocycles. The fraction of sp³-hybridized carbons (Fsp3) is 0.421. The maximum atomic E-state index is 12.0. The predicted molar refractivity (Wildman–Crippen MR) is 94.1 cm³/mol. The number of carbonyl (C=O) groups excluding carboxylic acids is 1. The highest BCUT2D eigenvalue weighted by atomic mass is 16.5. The van der Waals surface area contributed by atoms with Gasteiger partial charge in [0, 0.05) is 12.1 Å². The molecule has 0 heterocycles. The van der Waals surface area contributed by atoms with Crippen LogP contribution in [0.3, 0.4) is 0 Å². The van der Waals surface area contributed by atoms with E-state index < -0.39 is 0 Å². The summed E-state index contributed by atoms with van der Waals surface area (Å²) in [5, 5.41) is 12.5. The lowest BCUT2D eigenvalue weighted by molar-refractivity contribution is -0.117. The van der Waals surface area contributed by atoms with Gasteiger partial charge >= 0.3 is 0 Å². The number of benzene rings is 1. The molecule has 0 unspecified atom stereocenters. The van der Waals surface area contributed by atoms with E-state index >= 15 is 0 Å². The molecule has 0 aromatic heterocycles. The lowest BCUT2D eigenvalue weighted by atomic mass is 9.93. The summed E-state index contributed by atoms with van der Waals surface area (Å²) < 4.78 is 10.8. The van der Waals surface area contributed by atoms with Crippen LogP contribution in [0.15, 0.2) is 36.9 Å². The molecule has 0 atom stereocenters. The third kappa shape index (κ3) is 5.42. The van der Waals surface area contributed by atoms with Gasteiger partial charge < -0.3 is 19.9 Å². The Balaban J connectivity index is 1.92. The second-order valence-electron chi connectivity index (χ2n) is 5.86. The van der Waals surface area contributed by atoms with E-state index in [2.05, 4.69) is 11.9 Å². The molecule has 24 heavy (non-hydrogen) atoms. The number of nitrogens with one attached hydrogen (secondary N) is 1. The Morgan fingerprint density at radius 3 is 2.75 bits per heavy atom. The topological polar surface area (TPSA) is 67.8 Å². The van der Waals surface area contributed by atoms with E-state index in [0.29, 0.717) is 18.1 Å². The number of carbonyl (C=O) groups is 1. The first-order valence-electron chi connectivity index (χ1n) is 8.20. The van der Waals surface area contributed by atoms with Gasteiger partial charge in [0.15, 0.2) is 11.5 Å². The van der Waals surface area contributed by atoms with Gasteiger partial charge in [-0.25, -0.2) is 0 Å². The van der Waals surface area contributed by atoms with Crippen molar-refractivity contribution < 1.29 is 19.4 Å². The van der Waals surface area contributed by atoms with Crippen LogP contribution in [-0.4, -0.2) is 36.9 Å². The average Bonchev–Trinajstić information content (AvgIpc) is 2.60. The van der Waals surface area contributed by atoms with E-state index in [1.54, 1.807) is 19.3 Å². The van der Waals surface area contributed by atoms with Crippen molar-refractivity contribution in [3.05, 3.63) is 42.5 Å². The SMILES string of the molecule is C=CCOc1ccc(C=CC(=O)NC2CCC(O)CC2)cc1OC. The number of ether oxygens (including phenoxy) is 2. The van der Waals surface area contributed by atoms with Crippen molar-refractivity contribution in [2.75, 3.05) is 13.7 Å². The lowest BCUT2D eigenvalue weighted by Gasteiger charge is -2.25. The molecule has 0 aliphatic heterocycles. The highest BCUT2D eigenvalue weighted by molar-refractivity contribution is 5.92. The number of rotatable bonds is 7. The van der Waals surface area contributed by atoms with Crippen molar-refractivity contribution >= 4 is 12.0 Å². The minimum absolute atomic E-state index is 0.123. The van der Waals surface area contributed by atoms with Crippen molar-refractivity contribution in [1.82, 2.24) is 5.32 Å². The van der Waals surface area contributed by atoms with Gasteiger partial charge in [-0.15, -0.1) is 0 Å². The zero-order valence-electron chi connectivity index (χ0n) is 14.0. The standard InChI is InChI=1S/C19H25NO4/c1-3-12-24-17-10-4-14(13-18(17)23-2)5-11-19(22)20-15-6-8-16(21)9-7-15/h3-5,10-11,13,15-16,21H,1,6-9,12H2,2H3,(H,20,22). The first-order valence-corrected chi connectivity index (χ1v) is 8.20. The number of aliphatic hydroxyl groups excluding tert-OH is 1. The van der Waals surface area contributed by atoms with Crippen molar-refractivity contribution in [3.63, 3.8) is 0 Å². The second kappa shape index (κ2) is 9.13. The fourth-order valence-electron chi connectivity index (χ4n) is 2.70. The van der Waals surface area contributed by atoms with Gasteiger partial charge in [0.25, 0.3) is 0 Å². The number of hydrogen-bond donors (Lipinski definition) is 2. The second-order valence-corrected chi connectivity index (χ2v) is 5.86. The summed E-state index contributed by atoms with van der Waals surface area (Å²) in [7, 11) is 1.58. The van der Waals surface area contributed by atoms with Crippen LogP contribution in [0, 0.1) is 0 Å². The van der Waals surface area contributed by atoms with Crippen molar-refractivity contribution in [2.24, 2.45) is 0 Å². The smallest absolute Gasteiger partial charge is 0.244 e. The number of methoxy groups -OCH3 is 1. The number of amides is 1. The van der Waals surface area contributed by atoms with Gasteiger partial charge in [-0.2, -0.15) is 0 Å². The summed E-state index contributed by atoms with van der Waals surface area (Å²) in [6.07, 6.45) is 7.85. The maximum absolute atomic E-state index is 12.0. The van der Waals surface area contributed by atoms with Crippen LogP contribution in [0.2, 0.25) is 0 Å². The molecule has 1 aromatic carbocycles. The molecule has 1 fully saturated rings. The molecule has 5 nitrogen and oxygen atoms in total. The van der Waals surface area contributed by atoms with Crippen LogP contribution in [0.5, 0.6) is 11.5 Å². The molecule has 0 bridgehead atoms. The molecule has 0 radical (unpaired) electrons. The van der Waals surface area contributed by atoms with Crippen molar-refractivity contribution in [2.45, 2.75) is 37.8 Å². The van der Waals surface area contributed by atoms with Gasteiger partial charge in [0.1, 0.15) is 6.61 Å². The molecule has 0 spiro atoms. The Morgan fingerprint density at radius 1 is 1.33 bits per heavy atom. The summed E-state index contributed by atoms with van der Waals surface area (Å²) in [5.74, 6) is 1.13. The molecule has 5 heteroatoms. The zero-order chi connectivity index (χ0) is 17.4. The van der Waals surface area contributed by atoms with E-state index in [0.717, 1.165) is 31.2 Å². The van der Waals surface area contributed by atoms with Crippen LogP contribution in [0.25, 0.3) is 6.08 Å². The Kier molecular flexibility index (Phi) is 6.88. The van der Waals surface area contributed by atoms with Crippen LogP contribution in [-0.2, 0) is 4.79 Å². The van der Waals surface area contributed by atoms with Crippen molar-refractivity contribution in [1.29, 1.82) is 0 Å². The first kappa shape index (κ1) is 18.1. The zero-order valence-corrected chi connectivity index (χ0v) is 14.0. The molecule has 130 valence electrons. The number of aliphatic hydroxyl groups is 1. The Bertz CT molecular complexity index is 589. The molecule has 2 rings (SSSR count). The monoisotopic (exact) mass is 331 g/mol. The summed E-state index contributed by atoms with van der Waals surface area (Å²) >= 11 is 0. The summed E-state index contributed by atoms with van der Waals surface area (Å²) in [4.78, 5) is 12.0. The predicted octanol–water partition coefficient (Wildman–Crippen LogP) is 2.69. The first-order chi connectivity index (χ1) is 11.6. The fourth-order valence-corrected chi connectivity index (χ4v) is 2.70. The van der Waals surface area contributed by atoms with E-state index in [9.17, 15) is 9.90 Å². The molecular formula is C19H25NO4. The largest absolute Gasteiger partial charge is 0.493 e. The van der Waals surface area contributed by atoms with Gasteiger partial charge in [-0.1, -0.05) is 18.7 Å². The molecule has 1 amide bonds. The summed E-state index contributed by atoms with van der Waals surface area (Å²) in [6, 6.07) is 5.64. The Labute approximate surface area is 143 Å². The third-order valence-electron chi connectivity index (χ3n) is 4.01. The van der Waals surface area contributed by atoms with Crippen LogP contribution in [0.4, 0.5) is 0 Å². The molecular weight excluding hydrogens is 306 g/mol. The van der Waals surface area contributed by atoms with E-state index in [-0.39, 0.29) is 18.1 Å². The molecule has 2 N–H and O–H groups in total. The van der Waals surface area contributed by atoms with Crippen LogP contribution < -0.4 is 14.8 Å². The molecule has 1 aliphatic rings. The number of hydrogen-bond acceptors (Lipinski definition) is 4. The molecule has 1 saturated carbocycles. The Hall–Kier alpha value is -2.27. The maximum Gasteiger partial charge on any atom is 0.244 e. The van der Waals surface area contributed by atoms with E-state index in [1.165, 1.54) is 6.08 Å². The third-order valence-corrected chi connectivity index (χ3v) is 4.01. The van der Waals surface area contributed by atoms with Gasteiger partial charge in [-0.05, 0) is 49.5 Å². The lowest BCUT2D eigenvalue weighted by Crippen LogP contribution is -2.37. The molecule has 1 aromatic rings. The van der Waals surface area contributed by atoms with Gasteiger partial charge in [-0.3, -0.25) is 4.79 Å². The van der Waals surface area contributed by atoms with E-state index in [4.69, 9.17) is 9.47 Å². The summed E-state index contributed by atoms with van der Waals surface area (Å²) in [5.41, 5.74) is 0.854. The van der Waals surface area contributed by atoms with Crippen LogP contribution in [0.1, 0.15) is 31.2 Å².